The van der Waals surface area contributed by atoms with Crippen molar-refractivity contribution in [3.05, 3.63) is 41.8 Å². The number of hydrogen-bond acceptors (Lipinski definition) is 6. The van der Waals surface area contributed by atoms with Gasteiger partial charge in [0.1, 0.15) is 11.6 Å². The van der Waals surface area contributed by atoms with E-state index in [-0.39, 0.29) is 49.1 Å². The molecule has 0 fully saturated rings. The number of nitrogens with two attached hydrogens (primary N) is 1. The molecule has 0 aliphatic carbocycles. The van der Waals surface area contributed by atoms with E-state index < -0.39 is 6.04 Å². The lowest BCUT2D eigenvalue weighted by molar-refractivity contribution is -0.123. The summed E-state index contributed by atoms with van der Waals surface area (Å²) in [5.41, 5.74) is 5.72. The van der Waals surface area contributed by atoms with E-state index in [1.165, 1.54) is 12.1 Å². The molecule has 2 rings (SSSR count). The fourth-order valence-corrected chi connectivity index (χ4v) is 1.71. The van der Waals surface area contributed by atoms with Gasteiger partial charge in [-0.05, 0) is 18.1 Å². The molecular weight excluding hydrogens is 339 g/mol. The highest BCUT2D eigenvalue weighted by Crippen LogP contribution is 2.13. The molecular formula is C15H20ClFN4O3. The zero-order valence-corrected chi connectivity index (χ0v) is 14.2. The summed E-state index contributed by atoms with van der Waals surface area (Å²) in [6.07, 6.45) is 0. The van der Waals surface area contributed by atoms with Crippen LogP contribution in [0.5, 0.6) is 5.75 Å². The van der Waals surface area contributed by atoms with Crippen molar-refractivity contribution in [2.45, 2.75) is 33.0 Å². The molecule has 0 saturated heterocycles. The number of nitrogens with zero attached hydrogens (tertiary/aromatic N) is 2. The van der Waals surface area contributed by atoms with Gasteiger partial charge >= 0.3 is 0 Å². The number of amides is 1. The first-order valence-electron chi connectivity index (χ1n) is 7.19. The lowest BCUT2D eigenvalue weighted by Gasteiger charge is -2.14. The van der Waals surface area contributed by atoms with Crippen LogP contribution in [0.15, 0.2) is 28.8 Å². The number of rotatable bonds is 7. The van der Waals surface area contributed by atoms with Gasteiger partial charge in [0.25, 0.3) is 0 Å². The van der Waals surface area contributed by atoms with Crippen molar-refractivity contribution in [1.82, 2.24) is 15.5 Å². The average molecular weight is 359 g/mol. The van der Waals surface area contributed by atoms with Gasteiger partial charge in [0.05, 0.1) is 12.6 Å². The minimum atomic E-state index is -0.589. The largest absolute Gasteiger partial charge is 0.485 e. The normalized spacial score (nSPS) is 11.7. The van der Waals surface area contributed by atoms with Gasteiger partial charge in [-0.2, -0.15) is 4.98 Å². The van der Waals surface area contributed by atoms with Crippen LogP contribution in [0.1, 0.15) is 25.6 Å². The molecule has 0 radical (unpaired) electrons. The quantitative estimate of drug-likeness (QED) is 0.782. The van der Waals surface area contributed by atoms with Crippen molar-refractivity contribution < 1.29 is 18.4 Å². The summed E-state index contributed by atoms with van der Waals surface area (Å²) in [7, 11) is 0. The van der Waals surface area contributed by atoms with Gasteiger partial charge in [0.15, 0.2) is 6.61 Å². The first kappa shape index (κ1) is 19.9. The maximum atomic E-state index is 13.0. The molecule has 7 nitrogen and oxygen atoms in total. The van der Waals surface area contributed by atoms with Gasteiger partial charge in [-0.1, -0.05) is 25.1 Å². The minimum Gasteiger partial charge on any atom is -0.485 e. The second kappa shape index (κ2) is 9.19. The summed E-state index contributed by atoms with van der Waals surface area (Å²) < 4.78 is 23.4. The molecule has 1 aromatic carbocycles. The predicted octanol–water partition coefficient (Wildman–Crippen LogP) is 1.81. The molecule has 132 valence electrons. The van der Waals surface area contributed by atoms with E-state index in [1.54, 1.807) is 12.1 Å². The average Bonchev–Trinajstić information content (AvgIpc) is 2.98. The third-order valence-corrected chi connectivity index (χ3v) is 3.11. The fourth-order valence-electron chi connectivity index (χ4n) is 1.71. The van der Waals surface area contributed by atoms with Crippen LogP contribution >= 0.6 is 12.4 Å². The first-order valence-corrected chi connectivity index (χ1v) is 7.19. The summed E-state index contributed by atoms with van der Waals surface area (Å²) in [5, 5.41) is 6.35. The number of carbonyl (C=O) groups is 1. The molecule has 1 aromatic heterocycles. The van der Waals surface area contributed by atoms with Gasteiger partial charge in [0.2, 0.25) is 17.6 Å². The zero-order valence-electron chi connectivity index (χ0n) is 13.4. The van der Waals surface area contributed by atoms with Gasteiger partial charge in [-0.25, -0.2) is 4.39 Å². The molecule has 0 unspecified atom stereocenters. The van der Waals surface area contributed by atoms with Crippen LogP contribution in [0, 0.1) is 11.7 Å². The van der Waals surface area contributed by atoms with Crippen LogP contribution in [0.2, 0.25) is 0 Å². The Bertz CT molecular complexity index is 666. The summed E-state index contributed by atoms with van der Waals surface area (Å²) in [6.45, 7) is 3.84. The number of carbonyl (C=O) groups excluding carboxylic acids is 1. The molecule has 9 heteroatoms. The number of hydrogen-bond donors (Lipinski definition) is 2. The molecule has 2 aromatic rings. The Morgan fingerprint density at radius 2 is 2.21 bits per heavy atom. The standard InChI is InChI=1S/C15H19FN4O3.ClH/c1-9(2)14(17)15(21)18-7-13-19-12(20-23-13)8-22-11-5-3-4-10(16)6-11;/h3-6,9,14H,7-8,17H2,1-2H3,(H,18,21);1H/t14-;/m0./s1. The molecule has 1 atom stereocenters. The predicted molar refractivity (Wildman–Crippen MR) is 86.9 cm³/mol. The molecule has 1 amide bonds. The number of halogens is 2. The molecule has 1 heterocycles. The Morgan fingerprint density at radius 1 is 1.46 bits per heavy atom. The monoisotopic (exact) mass is 358 g/mol. The van der Waals surface area contributed by atoms with E-state index >= 15 is 0 Å². The van der Waals surface area contributed by atoms with Crippen molar-refractivity contribution in [1.29, 1.82) is 0 Å². The molecule has 0 aliphatic rings. The highest BCUT2D eigenvalue weighted by molar-refractivity contribution is 5.85. The molecule has 0 bridgehead atoms. The maximum absolute atomic E-state index is 13.0. The lowest BCUT2D eigenvalue weighted by atomic mass is 10.1. The van der Waals surface area contributed by atoms with Crippen molar-refractivity contribution in [3.8, 4) is 5.75 Å². The summed E-state index contributed by atoms with van der Waals surface area (Å²) >= 11 is 0. The highest BCUT2D eigenvalue weighted by atomic mass is 35.5. The van der Waals surface area contributed by atoms with E-state index in [9.17, 15) is 9.18 Å². The van der Waals surface area contributed by atoms with Crippen LogP contribution in [-0.4, -0.2) is 22.1 Å². The molecule has 24 heavy (non-hydrogen) atoms. The maximum Gasteiger partial charge on any atom is 0.246 e. The van der Waals surface area contributed by atoms with Crippen molar-refractivity contribution in [3.63, 3.8) is 0 Å². The van der Waals surface area contributed by atoms with Gasteiger partial charge in [-0.15, -0.1) is 12.4 Å². The number of aromatic nitrogens is 2. The number of benzene rings is 1. The minimum absolute atomic E-state index is 0. The smallest absolute Gasteiger partial charge is 0.246 e. The van der Waals surface area contributed by atoms with Crippen molar-refractivity contribution in [2.24, 2.45) is 11.7 Å². The zero-order chi connectivity index (χ0) is 16.8. The van der Waals surface area contributed by atoms with E-state index in [0.717, 1.165) is 0 Å². The van der Waals surface area contributed by atoms with E-state index in [4.69, 9.17) is 15.0 Å². The summed E-state index contributed by atoms with van der Waals surface area (Å²) in [6, 6.07) is 5.16. The topological polar surface area (TPSA) is 103 Å². The lowest BCUT2D eigenvalue weighted by Crippen LogP contribution is -2.43. The van der Waals surface area contributed by atoms with Crippen LogP contribution in [0.4, 0.5) is 4.39 Å². The Labute approximate surface area is 145 Å². The van der Waals surface area contributed by atoms with Crippen molar-refractivity contribution in [2.75, 3.05) is 0 Å². The van der Waals surface area contributed by atoms with Gasteiger partial charge in [-0.3, -0.25) is 4.79 Å². The van der Waals surface area contributed by atoms with E-state index in [0.29, 0.717) is 11.6 Å². The van der Waals surface area contributed by atoms with Crippen LogP contribution in [0.25, 0.3) is 0 Å². The third-order valence-electron chi connectivity index (χ3n) is 3.11. The Balaban J connectivity index is 0.00000288. The number of nitrogens with one attached hydrogen (secondary N) is 1. The Morgan fingerprint density at radius 3 is 2.88 bits per heavy atom. The molecule has 0 saturated carbocycles. The van der Waals surface area contributed by atoms with Crippen LogP contribution in [-0.2, 0) is 17.9 Å². The van der Waals surface area contributed by atoms with Gasteiger partial charge in [0, 0.05) is 6.07 Å². The van der Waals surface area contributed by atoms with Crippen molar-refractivity contribution >= 4 is 18.3 Å². The SMILES string of the molecule is CC(C)[C@H](N)C(=O)NCc1nc(COc2cccc(F)c2)no1.Cl. The Hall–Kier alpha value is -2.19. The molecule has 0 spiro atoms. The second-order valence-corrected chi connectivity index (χ2v) is 5.34. The van der Waals surface area contributed by atoms with E-state index in [1.807, 2.05) is 13.8 Å². The first-order chi connectivity index (χ1) is 11.0. The van der Waals surface area contributed by atoms with Crippen LogP contribution < -0.4 is 15.8 Å². The summed E-state index contributed by atoms with van der Waals surface area (Å²) in [5.74, 6) is 0.274. The second-order valence-electron chi connectivity index (χ2n) is 5.34. The number of ether oxygens (including phenoxy) is 1. The molecule has 3 N–H and O–H groups in total. The molecule has 0 aliphatic heterocycles. The third kappa shape index (κ3) is 5.78. The van der Waals surface area contributed by atoms with E-state index in [2.05, 4.69) is 15.5 Å². The van der Waals surface area contributed by atoms with Crippen LogP contribution in [0.3, 0.4) is 0 Å². The fraction of sp³-hybridized carbons (Fsp3) is 0.400. The highest BCUT2D eigenvalue weighted by Gasteiger charge is 2.17. The Kier molecular flexibility index (Phi) is 7.60. The summed E-state index contributed by atoms with van der Waals surface area (Å²) in [4.78, 5) is 15.8. The van der Waals surface area contributed by atoms with Gasteiger partial charge < -0.3 is 20.3 Å².